The third-order valence-electron chi connectivity index (χ3n) is 1.92. The summed E-state index contributed by atoms with van der Waals surface area (Å²) in [5, 5.41) is 0. The summed E-state index contributed by atoms with van der Waals surface area (Å²) in [6.07, 6.45) is 6.33. The van der Waals surface area contributed by atoms with Gasteiger partial charge >= 0.3 is 0 Å². The number of pyridine rings is 1. The van der Waals surface area contributed by atoms with Crippen LogP contribution in [0.5, 0.6) is 0 Å². The van der Waals surface area contributed by atoms with Gasteiger partial charge in [-0.15, -0.1) is 0 Å². The summed E-state index contributed by atoms with van der Waals surface area (Å²) >= 11 is 0. The fourth-order valence-electron chi connectivity index (χ4n) is 1.18. The Morgan fingerprint density at radius 3 is 2.92 bits per heavy atom. The molecule has 0 amide bonds. The topological polar surface area (TPSA) is 13.1 Å². The van der Waals surface area contributed by atoms with E-state index in [2.05, 4.69) is 36.7 Å². The predicted molar refractivity (Wildman–Crippen MR) is 52.3 cm³/mol. The lowest BCUT2D eigenvalue weighted by Gasteiger charge is -1.99. The van der Waals surface area contributed by atoms with Crippen LogP contribution in [0, 0.1) is 0 Å². The molecule has 0 unspecified atom stereocenters. The molecule has 0 saturated heterocycles. The van der Waals surface area contributed by atoms with Gasteiger partial charge in [-0.1, -0.05) is 13.8 Å². The molecule has 1 aromatic rings. The van der Waals surface area contributed by atoms with Gasteiger partial charge in [-0.2, -0.15) is 4.57 Å². The molecule has 1 heterocycles. The van der Waals surface area contributed by atoms with Gasteiger partial charge in [0.25, 0.3) is 6.73 Å². The van der Waals surface area contributed by atoms with Gasteiger partial charge < -0.3 is 4.74 Å². The molecule has 1 aromatic heterocycles. The number of nitrogens with zero attached hydrogens (tertiary/aromatic N) is 1. The highest BCUT2D eigenvalue weighted by Gasteiger charge is 1.99. The van der Waals surface area contributed by atoms with Crippen LogP contribution in [-0.4, -0.2) is 6.61 Å². The van der Waals surface area contributed by atoms with Crippen molar-refractivity contribution >= 4 is 0 Å². The second-order valence-corrected chi connectivity index (χ2v) is 3.12. The van der Waals surface area contributed by atoms with Crippen molar-refractivity contribution in [2.24, 2.45) is 0 Å². The van der Waals surface area contributed by atoms with Crippen LogP contribution in [0.4, 0.5) is 0 Å². The lowest BCUT2D eigenvalue weighted by molar-refractivity contribution is -0.733. The number of aryl methyl sites for hydroxylation is 1. The molecule has 0 fully saturated rings. The minimum Gasteiger partial charge on any atom is -0.323 e. The van der Waals surface area contributed by atoms with E-state index >= 15 is 0 Å². The maximum atomic E-state index is 5.43. The Morgan fingerprint density at radius 2 is 2.23 bits per heavy atom. The molecule has 0 atom stereocenters. The van der Waals surface area contributed by atoms with Crippen LogP contribution >= 0.6 is 0 Å². The molecule has 0 radical (unpaired) electrons. The molecular formula is C11H18NO+. The Hall–Kier alpha value is -0.890. The third kappa shape index (κ3) is 3.55. The Bertz CT molecular complexity index is 248. The SMILES string of the molecule is CCCOC[n+]1cccc(CC)c1. The van der Waals surface area contributed by atoms with E-state index in [9.17, 15) is 0 Å². The molecule has 72 valence electrons. The molecule has 1 rings (SSSR count). The molecular weight excluding hydrogens is 162 g/mol. The summed E-state index contributed by atoms with van der Waals surface area (Å²) in [6.45, 7) is 5.78. The zero-order chi connectivity index (χ0) is 9.52. The Balaban J connectivity index is 2.46. The molecule has 13 heavy (non-hydrogen) atoms. The Labute approximate surface area is 80.2 Å². The minimum atomic E-state index is 0.668. The molecule has 2 nitrogen and oxygen atoms in total. The van der Waals surface area contributed by atoms with Crippen LogP contribution in [0.25, 0.3) is 0 Å². The highest BCUT2D eigenvalue weighted by molar-refractivity contribution is 5.04. The van der Waals surface area contributed by atoms with E-state index in [0.29, 0.717) is 6.73 Å². The van der Waals surface area contributed by atoms with Gasteiger partial charge in [-0.25, -0.2) is 0 Å². The van der Waals surface area contributed by atoms with Gasteiger partial charge in [-0.3, -0.25) is 0 Å². The molecule has 0 aromatic carbocycles. The van der Waals surface area contributed by atoms with Crippen molar-refractivity contribution < 1.29 is 9.30 Å². The molecule has 0 aliphatic heterocycles. The summed E-state index contributed by atoms with van der Waals surface area (Å²) < 4.78 is 7.51. The monoisotopic (exact) mass is 180 g/mol. The molecule has 0 saturated carbocycles. The normalized spacial score (nSPS) is 10.3. The van der Waals surface area contributed by atoms with Crippen molar-refractivity contribution in [3.63, 3.8) is 0 Å². The van der Waals surface area contributed by atoms with E-state index in [1.807, 2.05) is 6.20 Å². The van der Waals surface area contributed by atoms with Gasteiger partial charge in [0.15, 0.2) is 12.4 Å². The summed E-state index contributed by atoms with van der Waals surface area (Å²) in [5.74, 6) is 0. The van der Waals surface area contributed by atoms with E-state index in [-0.39, 0.29) is 0 Å². The van der Waals surface area contributed by atoms with E-state index in [0.717, 1.165) is 19.4 Å². The number of hydrogen-bond donors (Lipinski definition) is 0. The van der Waals surface area contributed by atoms with Crippen molar-refractivity contribution in [1.82, 2.24) is 0 Å². The van der Waals surface area contributed by atoms with Crippen LogP contribution in [0.3, 0.4) is 0 Å². The predicted octanol–water partition coefficient (Wildman–Crippen LogP) is 1.92. The average Bonchev–Trinajstić information content (AvgIpc) is 2.19. The van der Waals surface area contributed by atoms with E-state index < -0.39 is 0 Å². The number of aromatic nitrogens is 1. The first-order chi connectivity index (χ1) is 6.36. The molecule has 0 bridgehead atoms. The van der Waals surface area contributed by atoms with Crippen LogP contribution < -0.4 is 4.57 Å². The molecule has 0 spiro atoms. The largest absolute Gasteiger partial charge is 0.323 e. The summed E-state index contributed by atoms with van der Waals surface area (Å²) in [7, 11) is 0. The van der Waals surface area contributed by atoms with Crippen LogP contribution in [-0.2, 0) is 17.9 Å². The maximum Gasteiger partial charge on any atom is 0.252 e. The van der Waals surface area contributed by atoms with Crippen molar-refractivity contribution in [3.05, 3.63) is 30.1 Å². The first kappa shape index (κ1) is 10.2. The zero-order valence-corrected chi connectivity index (χ0v) is 8.49. The number of ether oxygens (including phenoxy) is 1. The first-order valence-corrected chi connectivity index (χ1v) is 4.92. The smallest absolute Gasteiger partial charge is 0.252 e. The molecule has 0 N–H and O–H groups in total. The summed E-state index contributed by atoms with van der Waals surface area (Å²) in [6, 6.07) is 4.20. The highest BCUT2D eigenvalue weighted by Crippen LogP contribution is 1.94. The van der Waals surface area contributed by atoms with E-state index in [4.69, 9.17) is 4.74 Å². The second kappa shape index (κ2) is 5.70. The summed E-state index contributed by atoms with van der Waals surface area (Å²) in [5.41, 5.74) is 1.35. The van der Waals surface area contributed by atoms with Gasteiger partial charge in [0.05, 0.1) is 6.61 Å². The Morgan fingerprint density at radius 1 is 1.38 bits per heavy atom. The van der Waals surface area contributed by atoms with Crippen molar-refractivity contribution in [2.45, 2.75) is 33.4 Å². The second-order valence-electron chi connectivity index (χ2n) is 3.12. The Kier molecular flexibility index (Phi) is 4.47. The van der Waals surface area contributed by atoms with Crippen molar-refractivity contribution in [2.75, 3.05) is 6.61 Å². The molecule has 0 aliphatic carbocycles. The van der Waals surface area contributed by atoms with Crippen LogP contribution in [0.2, 0.25) is 0 Å². The average molecular weight is 180 g/mol. The fraction of sp³-hybridized carbons (Fsp3) is 0.545. The van der Waals surface area contributed by atoms with Crippen LogP contribution in [0.15, 0.2) is 24.5 Å². The fourth-order valence-corrected chi connectivity index (χ4v) is 1.18. The zero-order valence-electron chi connectivity index (χ0n) is 8.49. The van der Waals surface area contributed by atoms with Gasteiger partial charge in [0.1, 0.15) is 0 Å². The van der Waals surface area contributed by atoms with E-state index in [1.165, 1.54) is 5.56 Å². The third-order valence-corrected chi connectivity index (χ3v) is 1.92. The number of rotatable bonds is 5. The molecule has 2 heteroatoms. The summed E-state index contributed by atoms with van der Waals surface area (Å²) in [4.78, 5) is 0. The number of hydrogen-bond acceptors (Lipinski definition) is 1. The van der Waals surface area contributed by atoms with Gasteiger partial charge in [0, 0.05) is 11.6 Å². The maximum absolute atomic E-state index is 5.43. The van der Waals surface area contributed by atoms with Gasteiger partial charge in [-0.05, 0) is 18.9 Å². The van der Waals surface area contributed by atoms with Crippen molar-refractivity contribution in [3.8, 4) is 0 Å². The minimum absolute atomic E-state index is 0.668. The van der Waals surface area contributed by atoms with Gasteiger partial charge in [0.2, 0.25) is 0 Å². The highest BCUT2D eigenvalue weighted by atomic mass is 16.5. The quantitative estimate of drug-likeness (QED) is 0.498. The van der Waals surface area contributed by atoms with E-state index in [1.54, 1.807) is 0 Å². The molecule has 0 aliphatic rings. The van der Waals surface area contributed by atoms with Crippen molar-refractivity contribution in [1.29, 1.82) is 0 Å². The standard InChI is InChI=1S/C11H18NO/c1-3-8-13-10-12-7-5-6-11(4-2)9-12/h5-7,9H,3-4,8,10H2,1-2H3/q+1. The van der Waals surface area contributed by atoms with Crippen LogP contribution in [0.1, 0.15) is 25.8 Å². The lowest BCUT2D eigenvalue weighted by Crippen LogP contribution is -2.34. The lowest BCUT2D eigenvalue weighted by atomic mass is 10.2. The first-order valence-electron chi connectivity index (χ1n) is 4.92.